The lowest BCUT2D eigenvalue weighted by Gasteiger charge is -2.32. The highest BCUT2D eigenvalue weighted by molar-refractivity contribution is 5.95. The van der Waals surface area contributed by atoms with Crippen LogP contribution in [0.2, 0.25) is 0 Å². The van der Waals surface area contributed by atoms with Gasteiger partial charge in [-0.15, -0.1) is 10.2 Å². The number of carbonyl (C=O) groups is 1. The van der Waals surface area contributed by atoms with Crippen LogP contribution in [0.3, 0.4) is 0 Å². The van der Waals surface area contributed by atoms with E-state index in [1.165, 1.54) is 0 Å². The first-order valence-electron chi connectivity index (χ1n) is 10.7. The molecule has 1 amide bonds. The molecule has 7 heteroatoms. The molecule has 1 N–H and O–H groups in total. The first kappa shape index (κ1) is 20.9. The molecular formula is C24H28N4O3. The molecule has 0 atom stereocenters. The Morgan fingerprint density at radius 3 is 2.45 bits per heavy atom. The molecule has 4 rings (SSSR count). The lowest BCUT2D eigenvalue weighted by Crippen LogP contribution is -2.40. The van der Waals surface area contributed by atoms with Gasteiger partial charge in [-0.1, -0.05) is 30.3 Å². The van der Waals surface area contributed by atoms with E-state index in [1.807, 2.05) is 49.4 Å². The zero-order chi connectivity index (χ0) is 21.6. The first-order chi connectivity index (χ1) is 15.2. The maximum Gasteiger partial charge on any atom is 0.241 e. The molecule has 0 bridgehead atoms. The monoisotopic (exact) mass is 420 g/mol. The molecule has 0 unspecified atom stereocenters. The Bertz CT molecular complexity index is 1030. The quantitative estimate of drug-likeness (QED) is 0.630. The minimum absolute atomic E-state index is 0.0106. The summed E-state index contributed by atoms with van der Waals surface area (Å²) in [6.45, 7) is 4.56. The average Bonchev–Trinajstić information content (AvgIpc) is 2.83. The largest absolute Gasteiger partial charge is 0.497 e. The van der Waals surface area contributed by atoms with Crippen molar-refractivity contribution < 1.29 is 14.3 Å². The van der Waals surface area contributed by atoms with Crippen molar-refractivity contribution in [3.05, 3.63) is 54.1 Å². The second-order valence-corrected chi connectivity index (χ2v) is 7.63. The maximum atomic E-state index is 12.7. The van der Waals surface area contributed by atoms with Gasteiger partial charge in [0.05, 0.1) is 13.7 Å². The molecule has 7 nitrogen and oxygen atoms in total. The number of rotatable bonds is 7. The fraction of sp³-hybridized carbons (Fsp3) is 0.375. The van der Waals surface area contributed by atoms with Gasteiger partial charge in [0.2, 0.25) is 11.8 Å². The SMILES string of the molecule is CCOc1nnc(N2CCC(C(=O)NCc3ccc(OC)cc3)CC2)c2ccccc12. The molecular weight excluding hydrogens is 392 g/mol. The zero-order valence-electron chi connectivity index (χ0n) is 18.0. The molecule has 31 heavy (non-hydrogen) atoms. The van der Waals surface area contributed by atoms with E-state index in [1.54, 1.807) is 7.11 Å². The number of benzene rings is 2. The van der Waals surface area contributed by atoms with Crippen molar-refractivity contribution >= 4 is 22.5 Å². The second-order valence-electron chi connectivity index (χ2n) is 7.63. The number of hydrogen-bond acceptors (Lipinski definition) is 6. The van der Waals surface area contributed by atoms with Gasteiger partial charge in [0.15, 0.2) is 5.82 Å². The van der Waals surface area contributed by atoms with E-state index in [-0.39, 0.29) is 11.8 Å². The fourth-order valence-corrected chi connectivity index (χ4v) is 3.97. The number of methoxy groups -OCH3 is 1. The second kappa shape index (κ2) is 9.64. The van der Waals surface area contributed by atoms with Crippen molar-refractivity contribution in [1.82, 2.24) is 15.5 Å². The van der Waals surface area contributed by atoms with Crippen molar-refractivity contribution in [2.45, 2.75) is 26.3 Å². The van der Waals surface area contributed by atoms with Crippen LogP contribution in [0.1, 0.15) is 25.3 Å². The van der Waals surface area contributed by atoms with E-state index >= 15 is 0 Å². The number of hydrogen-bond donors (Lipinski definition) is 1. The van der Waals surface area contributed by atoms with Crippen molar-refractivity contribution in [2.24, 2.45) is 5.92 Å². The Morgan fingerprint density at radius 2 is 1.77 bits per heavy atom. The predicted molar refractivity (Wildman–Crippen MR) is 120 cm³/mol. The van der Waals surface area contributed by atoms with Crippen molar-refractivity contribution in [1.29, 1.82) is 0 Å². The van der Waals surface area contributed by atoms with Crippen LogP contribution in [0.25, 0.3) is 10.8 Å². The van der Waals surface area contributed by atoms with Crippen LogP contribution in [0, 0.1) is 5.92 Å². The molecule has 0 saturated carbocycles. The van der Waals surface area contributed by atoms with Crippen molar-refractivity contribution in [3.63, 3.8) is 0 Å². The van der Waals surface area contributed by atoms with Gasteiger partial charge in [-0.05, 0) is 43.5 Å². The first-order valence-corrected chi connectivity index (χ1v) is 10.7. The van der Waals surface area contributed by atoms with Gasteiger partial charge in [-0.2, -0.15) is 0 Å². The van der Waals surface area contributed by atoms with Crippen LogP contribution in [0.4, 0.5) is 5.82 Å². The topological polar surface area (TPSA) is 76.6 Å². The molecule has 162 valence electrons. The highest BCUT2D eigenvalue weighted by Gasteiger charge is 2.27. The summed E-state index contributed by atoms with van der Waals surface area (Å²) in [6, 6.07) is 15.8. The van der Waals surface area contributed by atoms with Crippen LogP contribution in [-0.4, -0.2) is 42.9 Å². The van der Waals surface area contributed by atoms with Gasteiger partial charge in [0.25, 0.3) is 0 Å². The normalized spacial score (nSPS) is 14.5. The molecule has 1 fully saturated rings. The van der Waals surface area contributed by atoms with Crippen LogP contribution >= 0.6 is 0 Å². The summed E-state index contributed by atoms with van der Waals surface area (Å²) in [5, 5.41) is 13.8. The van der Waals surface area contributed by atoms with E-state index in [2.05, 4.69) is 26.5 Å². The molecule has 2 aromatic carbocycles. The molecule has 1 saturated heterocycles. The lowest BCUT2D eigenvalue weighted by atomic mass is 9.95. The predicted octanol–water partition coefficient (Wildman–Crippen LogP) is 3.57. The van der Waals surface area contributed by atoms with Crippen molar-refractivity contribution in [2.75, 3.05) is 31.7 Å². The number of carbonyl (C=O) groups excluding carboxylic acids is 1. The molecule has 1 aliphatic heterocycles. The van der Waals surface area contributed by atoms with E-state index < -0.39 is 0 Å². The van der Waals surface area contributed by atoms with Gasteiger partial charge in [-0.3, -0.25) is 4.79 Å². The summed E-state index contributed by atoms with van der Waals surface area (Å²) in [5.41, 5.74) is 1.06. The minimum atomic E-state index is 0.0106. The fourth-order valence-electron chi connectivity index (χ4n) is 3.97. The third-order valence-electron chi connectivity index (χ3n) is 5.71. The Labute approximate surface area is 182 Å². The Morgan fingerprint density at radius 1 is 1.06 bits per heavy atom. The third kappa shape index (κ3) is 4.71. The summed E-state index contributed by atoms with van der Waals surface area (Å²) < 4.78 is 10.8. The summed E-state index contributed by atoms with van der Waals surface area (Å²) in [4.78, 5) is 14.9. The Kier molecular flexibility index (Phi) is 6.50. The molecule has 1 aromatic heterocycles. The molecule has 0 aliphatic carbocycles. The Balaban J connectivity index is 1.37. The molecule has 1 aliphatic rings. The summed E-state index contributed by atoms with van der Waals surface area (Å²) in [5.74, 6) is 2.35. The average molecular weight is 421 g/mol. The van der Waals surface area contributed by atoms with Gasteiger partial charge in [0, 0.05) is 36.3 Å². The number of nitrogens with one attached hydrogen (secondary N) is 1. The number of aromatic nitrogens is 2. The third-order valence-corrected chi connectivity index (χ3v) is 5.71. The standard InChI is InChI=1S/C24H28N4O3/c1-3-31-24-21-7-5-4-6-20(21)22(26-27-24)28-14-12-18(13-15-28)23(29)25-16-17-8-10-19(30-2)11-9-17/h4-11,18H,3,12-16H2,1-2H3,(H,25,29). The highest BCUT2D eigenvalue weighted by Crippen LogP contribution is 2.32. The number of ether oxygens (including phenoxy) is 2. The maximum absolute atomic E-state index is 12.7. The number of piperidine rings is 1. The van der Waals surface area contributed by atoms with E-state index in [4.69, 9.17) is 9.47 Å². The van der Waals surface area contributed by atoms with Crippen LogP contribution in [0.15, 0.2) is 48.5 Å². The van der Waals surface area contributed by atoms with Gasteiger partial charge in [-0.25, -0.2) is 0 Å². The highest BCUT2D eigenvalue weighted by atomic mass is 16.5. The Hall–Kier alpha value is -3.35. The molecule has 2 heterocycles. The number of amides is 1. The van der Waals surface area contributed by atoms with Gasteiger partial charge < -0.3 is 19.7 Å². The smallest absolute Gasteiger partial charge is 0.241 e. The summed E-state index contributed by atoms with van der Waals surface area (Å²) in [7, 11) is 1.64. The number of anilines is 1. The van der Waals surface area contributed by atoms with E-state index in [0.717, 1.165) is 53.8 Å². The van der Waals surface area contributed by atoms with Crippen LogP contribution < -0.4 is 19.7 Å². The van der Waals surface area contributed by atoms with Gasteiger partial charge >= 0.3 is 0 Å². The minimum Gasteiger partial charge on any atom is -0.497 e. The lowest BCUT2D eigenvalue weighted by molar-refractivity contribution is -0.125. The van der Waals surface area contributed by atoms with Gasteiger partial charge in [0.1, 0.15) is 5.75 Å². The summed E-state index contributed by atoms with van der Waals surface area (Å²) >= 11 is 0. The number of fused-ring (bicyclic) bond motifs is 1. The van der Waals surface area contributed by atoms with E-state index in [9.17, 15) is 4.79 Å². The molecule has 3 aromatic rings. The zero-order valence-corrected chi connectivity index (χ0v) is 18.0. The summed E-state index contributed by atoms with van der Waals surface area (Å²) in [6.07, 6.45) is 1.58. The van der Waals surface area contributed by atoms with Crippen LogP contribution in [-0.2, 0) is 11.3 Å². The van der Waals surface area contributed by atoms with Crippen LogP contribution in [0.5, 0.6) is 11.6 Å². The van der Waals surface area contributed by atoms with Crippen molar-refractivity contribution in [3.8, 4) is 11.6 Å². The molecule has 0 spiro atoms. The number of nitrogens with zero attached hydrogens (tertiary/aromatic N) is 3. The molecule has 0 radical (unpaired) electrons. The van der Waals surface area contributed by atoms with E-state index in [0.29, 0.717) is 19.0 Å².